The van der Waals surface area contributed by atoms with E-state index < -0.39 is 12.0 Å². The molecule has 25 heavy (non-hydrogen) atoms. The maximum Gasteiger partial charge on any atom is 0.330 e. The van der Waals surface area contributed by atoms with E-state index in [1.165, 1.54) is 17.0 Å². The van der Waals surface area contributed by atoms with Gasteiger partial charge in [-0.25, -0.2) is 4.79 Å². The number of rotatable bonds is 1. The number of aliphatic hydroxyl groups is 1. The number of benzene rings is 1. The average molecular weight is 336 g/mol. The van der Waals surface area contributed by atoms with E-state index in [1.54, 1.807) is 13.1 Å². The van der Waals surface area contributed by atoms with Crippen molar-refractivity contribution in [2.75, 3.05) is 11.9 Å². The lowest BCUT2D eigenvalue weighted by molar-refractivity contribution is -0.137. The SMILES string of the molecule is CN1c2c(c(=O)ccc3cc4c(ccn4C)cc23)C(O)=CC1C(=O)O. The van der Waals surface area contributed by atoms with Crippen molar-refractivity contribution in [1.29, 1.82) is 0 Å². The summed E-state index contributed by atoms with van der Waals surface area (Å²) in [5, 5.41) is 22.3. The first kappa shape index (κ1) is 15.3. The Hall–Kier alpha value is -3.28. The van der Waals surface area contributed by atoms with Crippen LogP contribution in [0.15, 0.2) is 47.4 Å². The Kier molecular flexibility index (Phi) is 3.12. The molecule has 6 nitrogen and oxygen atoms in total. The fourth-order valence-corrected chi connectivity index (χ4v) is 3.51. The van der Waals surface area contributed by atoms with Gasteiger partial charge in [0.25, 0.3) is 0 Å². The molecule has 0 bridgehead atoms. The van der Waals surface area contributed by atoms with Gasteiger partial charge >= 0.3 is 5.97 Å². The molecule has 3 aromatic rings. The van der Waals surface area contributed by atoms with Crippen LogP contribution in [-0.2, 0) is 11.8 Å². The fraction of sp³-hybridized carbons (Fsp3) is 0.158. The number of anilines is 1. The zero-order valence-corrected chi connectivity index (χ0v) is 13.7. The molecular formula is C19H16N2O4. The van der Waals surface area contributed by atoms with Crippen LogP contribution in [0.1, 0.15) is 5.56 Å². The van der Waals surface area contributed by atoms with E-state index in [4.69, 9.17) is 0 Å². The van der Waals surface area contributed by atoms with E-state index in [0.717, 1.165) is 21.7 Å². The van der Waals surface area contributed by atoms with E-state index >= 15 is 0 Å². The molecule has 0 spiro atoms. The highest BCUT2D eigenvalue weighted by Gasteiger charge is 2.31. The van der Waals surface area contributed by atoms with Crippen molar-refractivity contribution < 1.29 is 15.0 Å². The van der Waals surface area contributed by atoms with E-state index in [9.17, 15) is 19.8 Å². The number of nitrogens with zero attached hydrogens (tertiary/aromatic N) is 2. The van der Waals surface area contributed by atoms with Gasteiger partial charge in [0.1, 0.15) is 11.8 Å². The molecule has 1 aliphatic heterocycles. The molecule has 0 aliphatic carbocycles. The van der Waals surface area contributed by atoms with E-state index in [2.05, 4.69) is 0 Å². The van der Waals surface area contributed by atoms with Gasteiger partial charge in [-0.1, -0.05) is 6.07 Å². The van der Waals surface area contributed by atoms with Gasteiger partial charge < -0.3 is 19.7 Å². The first-order chi connectivity index (χ1) is 11.9. The van der Waals surface area contributed by atoms with Crippen LogP contribution in [-0.4, -0.2) is 33.8 Å². The number of aliphatic hydroxyl groups excluding tert-OH is 1. The van der Waals surface area contributed by atoms with Gasteiger partial charge in [0.2, 0.25) is 0 Å². The highest BCUT2D eigenvalue weighted by Crippen LogP contribution is 2.37. The number of fused-ring (bicyclic) bond motifs is 4. The highest BCUT2D eigenvalue weighted by atomic mass is 16.4. The van der Waals surface area contributed by atoms with Crippen molar-refractivity contribution in [2.24, 2.45) is 7.05 Å². The molecule has 1 aromatic heterocycles. The van der Waals surface area contributed by atoms with Crippen molar-refractivity contribution in [3.05, 3.63) is 58.4 Å². The number of aliphatic carboxylic acids is 1. The lowest BCUT2D eigenvalue weighted by atomic mass is 9.99. The molecule has 0 radical (unpaired) electrons. The van der Waals surface area contributed by atoms with E-state index in [-0.39, 0.29) is 16.8 Å². The predicted molar refractivity (Wildman–Crippen MR) is 97.1 cm³/mol. The summed E-state index contributed by atoms with van der Waals surface area (Å²) in [6, 6.07) is 7.93. The number of carboxylic acid groups (broad SMARTS) is 1. The van der Waals surface area contributed by atoms with Crippen LogP contribution in [0.4, 0.5) is 5.69 Å². The van der Waals surface area contributed by atoms with Gasteiger partial charge in [-0.2, -0.15) is 0 Å². The largest absolute Gasteiger partial charge is 0.507 e. The quantitative estimate of drug-likeness (QED) is 0.713. The highest BCUT2D eigenvalue weighted by molar-refractivity contribution is 6.07. The molecular weight excluding hydrogens is 320 g/mol. The predicted octanol–water partition coefficient (Wildman–Crippen LogP) is 2.49. The van der Waals surface area contributed by atoms with Gasteiger partial charge in [0, 0.05) is 36.6 Å². The Labute approximate surface area is 142 Å². The summed E-state index contributed by atoms with van der Waals surface area (Å²) in [7, 11) is 3.56. The molecule has 6 heteroatoms. The van der Waals surface area contributed by atoms with Crippen LogP contribution in [0.2, 0.25) is 0 Å². The summed E-state index contributed by atoms with van der Waals surface area (Å²) in [5.41, 5.74) is 1.22. The van der Waals surface area contributed by atoms with Gasteiger partial charge in [0.15, 0.2) is 5.43 Å². The maximum absolute atomic E-state index is 12.5. The van der Waals surface area contributed by atoms with Gasteiger partial charge in [-0.3, -0.25) is 4.79 Å². The van der Waals surface area contributed by atoms with Crippen molar-refractivity contribution in [2.45, 2.75) is 6.04 Å². The molecule has 0 amide bonds. The Morgan fingerprint density at radius 1 is 1.12 bits per heavy atom. The van der Waals surface area contributed by atoms with Crippen LogP contribution in [0.5, 0.6) is 0 Å². The second kappa shape index (κ2) is 5.11. The standard InChI is InChI=1S/C19H16N2O4/c1-20-6-5-11-7-12-10(8-13(11)20)3-4-15(22)17-16(23)9-14(19(24)25)21(2)18(12)17/h3-9,14,23H,1-2H3,(H,24,25). The lowest BCUT2D eigenvalue weighted by Crippen LogP contribution is -2.40. The van der Waals surface area contributed by atoms with Gasteiger partial charge in [-0.05, 0) is 35.7 Å². The van der Waals surface area contributed by atoms with E-state index in [1.807, 2.05) is 36.0 Å². The number of hydrogen-bond acceptors (Lipinski definition) is 4. The van der Waals surface area contributed by atoms with Crippen molar-refractivity contribution in [3.63, 3.8) is 0 Å². The number of carbonyl (C=O) groups is 1. The Morgan fingerprint density at radius 3 is 2.60 bits per heavy atom. The molecule has 4 rings (SSSR count). The Morgan fingerprint density at radius 2 is 1.88 bits per heavy atom. The smallest absolute Gasteiger partial charge is 0.330 e. The number of carboxylic acids is 1. The first-order valence-corrected chi connectivity index (χ1v) is 7.81. The average Bonchev–Trinajstić information content (AvgIpc) is 2.85. The molecule has 0 saturated carbocycles. The zero-order chi connectivity index (χ0) is 17.9. The lowest BCUT2D eigenvalue weighted by Gasteiger charge is -2.30. The zero-order valence-electron chi connectivity index (χ0n) is 13.7. The monoisotopic (exact) mass is 336 g/mol. The minimum atomic E-state index is -1.09. The first-order valence-electron chi connectivity index (χ1n) is 7.81. The summed E-state index contributed by atoms with van der Waals surface area (Å²) in [6.07, 6.45) is 3.13. The van der Waals surface area contributed by atoms with E-state index in [0.29, 0.717) is 5.69 Å². The Bertz CT molecular complexity index is 1140. The third-order valence-electron chi connectivity index (χ3n) is 4.80. The molecule has 2 N–H and O–H groups in total. The molecule has 2 aromatic carbocycles. The third-order valence-corrected chi connectivity index (χ3v) is 4.80. The molecule has 0 fully saturated rings. The Balaban J connectivity index is 2.20. The van der Waals surface area contributed by atoms with Crippen LogP contribution >= 0.6 is 0 Å². The molecule has 1 unspecified atom stereocenters. The molecule has 1 atom stereocenters. The number of aryl methyl sites for hydroxylation is 1. The summed E-state index contributed by atoms with van der Waals surface area (Å²) < 4.78 is 1.98. The number of aromatic nitrogens is 1. The second-order valence-corrected chi connectivity index (χ2v) is 6.29. The topological polar surface area (TPSA) is 82.8 Å². The van der Waals surface area contributed by atoms with Crippen molar-refractivity contribution in [1.82, 2.24) is 4.57 Å². The summed E-state index contributed by atoms with van der Waals surface area (Å²) in [5.74, 6) is -1.39. The number of hydrogen-bond donors (Lipinski definition) is 2. The fourth-order valence-electron chi connectivity index (χ4n) is 3.51. The molecule has 126 valence electrons. The number of likely N-dealkylation sites (N-methyl/N-ethyl adjacent to an activating group) is 1. The minimum Gasteiger partial charge on any atom is -0.507 e. The second-order valence-electron chi connectivity index (χ2n) is 6.29. The summed E-state index contributed by atoms with van der Waals surface area (Å²) in [4.78, 5) is 25.6. The van der Waals surface area contributed by atoms with Crippen LogP contribution in [0, 0.1) is 0 Å². The summed E-state index contributed by atoms with van der Waals surface area (Å²) >= 11 is 0. The molecule has 1 aliphatic rings. The normalized spacial score (nSPS) is 16.8. The van der Waals surface area contributed by atoms with Crippen LogP contribution < -0.4 is 10.3 Å². The van der Waals surface area contributed by atoms with Crippen molar-refractivity contribution >= 4 is 39.1 Å². The molecule has 2 heterocycles. The van der Waals surface area contributed by atoms with Crippen LogP contribution in [0.25, 0.3) is 27.4 Å². The van der Waals surface area contributed by atoms with Crippen molar-refractivity contribution in [3.8, 4) is 0 Å². The minimum absolute atomic E-state index is 0.130. The van der Waals surface area contributed by atoms with Gasteiger partial charge in [0.05, 0.1) is 11.3 Å². The summed E-state index contributed by atoms with van der Waals surface area (Å²) in [6.45, 7) is 0. The van der Waals surface area contributed by atoms with Gasteiger partial charge in [-0.15, -0.1) is 0 Å². The van der Waals surface area contributed by atoms with Crippen LogP contribution in [0.3, 0.4) is 0 Å². The third kappa shape index (κ3) is 2.11. The maximum atomic E-state index is 12.5. The molecule has 0 saturated heterocycles.